The minimum absolute atomic E-state index is 0.0445. The molecule has 1 aromatic heterocycles. The molecule has 0 saturated carbocycles. The van der Waals surface area contributed by atoms with Crippen LogP contribution in [0.15, 0.2) is 47.8 Å². The number of halogens is 1. The smallest absolute Gasteiger partial charge is 0.254 e. The standard InChI is InChI=1S/C25H28ClN3O3S/c1-3-13-32-23-21(26)14-19(15-22(23)31-2)25(30)29-11-9-28(10-12-29)16-20-17-33-24(27-20)18-7-5-4-6-8-18/h4-8,14-15,17H,3,9-13,16H2,1-2H3. The minimum atomic E-state index is -0.0445. The average molecular weight is 486 g/mol. The number of ether oxygens (including phenoxy) is 2. The van der Waals surface area contributed by atoms with Crippen molar-refractivity contribution in [2.45, 2.75) is 19.9 Å². The first-order valence-electron chi connectivity index (χ1n) is 11.1. The van der Waals surface area contributed by atoms with Crippen LogP contribution in [-0.4, -0.2) is 60.6 Å². The van der Waals surface area contributed by atoms with Crippen molar-refractivity contribution < 1.29 is 14.3 Å². The van der Waals surface area contributed by atoms with Crippen LogP contribution in [0.1, 0.15) is 29.4 Å². The molecule has 1 amide bonds. The summed E-state index contributed by atoms with van der Waals surface area (Å²) in [4.78, 5) is 22.1. The highest BCUT2D eigenvalue weighted by atomic mass is 35.5. The summed E-state index contributed by atoms with van der Waals surface area (Å²) in [6.07, 6.45) is 0.860. The number of hydrogen-bond donors (Lipinski definition) is 0. The van der Waals surface area contributed by atoms with Gasteiger partial charge in [0.05, 0.1) is 24.4 Å². The van der Waals surface area contributed by atoms with E-state index in [1.54, 1.807) is 30.6 Å². The van der Waals surface area contributed by atoms with Crippen LogP contribution < -0.4 is 9.47 Å². The molecule has 0 unspecified atom stereocenters. The molecule has 2 heterocycles. The van der Waals surface area contributed by atoms with Crippen LogP contribution >= 0.6 is 22.9 Å². The largest absolute Gasteiger partial charge is 0.493 e. The topological polar surface area (TPSA) is 54.9 Å². The van der Waals surface area contributed by atoms with Crippen LogP contribution in [-0.2, 0) is 6.54 Å². The van der Waals surface area contributed by atoms with E-state index in [2.05, 4.69) is 22.4 Å². The zero-order chi connectivity index (χ0) is 23.2. The van der Waals surface area contributed by atoms with Crippen molar-refractivity contribution in [2.75, 3.05) is 39.9 Å². The summed E-state index contributed by atoms with van der Waals surface area (Å²) < 4.78 is 11.1. The van der Waals surface area contributed by atoms with Gasteiger partial charge in [0.1, 0.15) is 5.01 Å². The van der Waals surface area contributed by atoms with Crippen molar-refractivity contribution in [1.82, 2.24) is 14.8 Å². The summed E-state index contributed by atoms with van der Waals surface area (Å²) in [5.41, 5.74) is 2.73. The number of aromatic nitrogens is 1. The Morgan fingerprint density at radius 3 is 2.61 bits per heavy atom. The zero-order valence-electron chi connectivity index (χ0n) is 18.9. The number of carbonyl (C=O) groups excluding carboxylic acids is 1. The molecule has 8 heteroatoms. The Labute approximate surface area is 203 Å². The van der Waals surface area contributed by atoms with Gasteiger partial charge in [-0.2, -0.15) is 0 Å². The summed E-state index contributed by atoms with van der Waals surface area (Å²) in [6, 6.07) is 13.6. The number of amides is 1. The van der Waals surface area contributed by atoms with Crippen LogP contribution in [0.4, 0.5) is 0 Å². The highest BCUT2D eigenvalue weighted by molar-refractivity contribution is 7.13. The van der Waals surface area contributed by atoms with Gasteiger partial charge in [0, 0.05) is 49.2 Å². The number of methoxy groups -OCH3 is 1. The Bertz CT molecular complexity index is 1080. The van der Waals surface area contributed by atoms with E-state index in [0.29, 0.717) is 41.8 Å². The molecule has 1 fully saturated rings. The lowest BCUT2D eigenvalue weighted by Crippen LogP contribution is -2.48. The molecule has 3 aromatic rings. The van der Waals surface area contributed by atoms with E-state index in [4.69, 9.17) is 26.1 Å². The molecule has 0 aliphatic carbocycles. The van der Waals surface area contributed by atoms with Gasteiger partial charge in [0.15, 0.2) is 11.5 Å². The van der Waals surface area contributed by atoms with Gasteiger partial charge in [-0.1, -0.05) is 48.9 Å². The molecular formula is C25H28ClN3O3S. The van der Waals surface area contributed by atoms with Gasteiger partial charge in [0.2, 0.25) is 0 Å². The number of rotatable bonds is 8. The monoisotopic (exact) mass is 485 g/mol. The number of hydrogen-bond acceptors (Lipinski definition) is 6. The maximum atomic E-state index is 13.1. The summed E-state index contributed by atoms with van der Waals surface area (Å²) in [7, 11) is 1.55. The number of nitrogens with zero attached hydrogens (tertiary/aromatic N) is 3. The second-order valence-corrected chi connectivity index (χ2v) is 9.18. The molecule has 6 nitrogen and oxygen atoms in total. The fourth-order valence-electron chi connectivity index (χ4n) is 3.80. The molecule has 174 valence electrons. The molecule has 0 bridgehead atoms. The highest BCUT2D eigenvalue weighted by Gasteiger charge is 2.25. The third kappa shape index (κ3) is 5.66. The van der Waals surface area contributed by atoms with E-state index in [1.165, 1.54) is 0 Å². The second-order valence-electron chi connectivity index (χ2n) is 7.92. The second kappa shape index (κ2) is 11.0. The maximum Gasteiger partial charge on any atom is 0.254 e. The molecule has 2 aromatic carbocycles. The molecular weight excluding hydrogens is 458 g/mol. The van der Waals surface area contributed by atoms with Crippen molar-refractivity contribution in [2.24, 2.45) is 0 Å². The van der Waals surface area contributed by atoms with E-state index in [-0.39, 0.29) is 5.91 Å². The normalized spacial score (nSPS) is 14.3. The van der Waals surface area contributed by atoms with Crippen molar-refractivity contribution in [3.63, 3.8) is 0 Å². The van der Waals surface area contributed by atoms with Gasteiger partial charge in [-0.25, -0.2) is 4.98 Å². The average Bonchev–Trinajstić information content (AvgIpc) is 3.32. The zero-order valence-corrected chi connectivity index (χ0v) is 20.5. The highest BCUT2D eigenvalue weighted by Crippen LogP contribution is 2.37. The molecule has 1 saturated heterocycles. The number of thiazole rings is 1. The summed E-state index contributed by atoms with van der Waals surface area (Å²) >= 11 is 8.07. The maximum absolute atomic E-state index is 13.1. The van der Waals surface area contributed by atoms with Crippen molar-refractivity contribution in [3.05, 3.63) is 64.1 Å². The van der Waals surface area contributed by atoms with E-state index in [1.807, 2.05) is 30.0 Å². The molecule has 1 aliphatic heterocycles. The van der Waals surface area contributed by atoms with Gasteiger partial charge in [0.25, 0.3) is 5.91 Å². The van der Waals surface area contributed by atoms with E-state index in [9.17, 15) is 4.79 Å². The lowest BCUT2D eigenvalue weighted by molar-refractivity contribution is 0.0627. The Morgan fingerprint density at radius 1 is 1.15 bits per heavy atom. The summed E-state index contributed by atoms with van der Waals surface area (Å²) in [5, 5.41) is 3.55. The predicted molar refractivity (Wildman–Crippen MR) is 133 cm³/mol. The fourth-order valence-corrected chi connectivity index (χ4v) is 4.88. The first-order valence-corrected chi connectivity index (χ1v) is 12.4. The molecule has 0 atom stereocenters. The molecule has 4 rings (SSSR count). The number of piperazine rings is 1. The van der Waals surface area contributed by atoms with Crippen LogP contribution in [0.3, 0.4) is 0 Å². The number of carbonyl (C=O) groups is 1. The first kappa shape index (κ1) is 23.5. The molecule has 0 N–H and O–H groups in total. The van der Waals surface area contributed by atoms with Crippen molar-refractivity contribution in [1.29, 1.82) is 0 Å². The van der Waals surface area contributed by atoms with Gasteiger partial charge < -0.3 is 14.4 Å². The van der Waals surface area contributed by atoms with Crippen LogP contribution in [0.25, 0.3) is 10.6 Å². The quantitative estimate of drug-likeness (QED) is 0.438. The van der Waals surface area contributed by atoms with E-state index < -0.39 is 0 Å². The number of benzene rings is 2. The van der Waals surface area contributed by atoms with Gasteiger partial charge in [-0.15, -0.1) is 11.3 Å². The molecule has 0 spiro atoms. The van der Waals surface area contributed by atoms with E-state index >= 15 is 0 Å². The van der Waals surface area contributed by atoms with E-state index in [0.717, 1.165) is 42.3 Å². The van der Waals surface area contributed by atoms with Crippen LogP contribution in [0.5, 0.6) is 11.5 Å². The molecule has 0 radical (unpaired) electrons. The Morgan fingerprint density at radius 2 is 1.91 bits per heavy atom. The third-order valence-corrected chi connectivity index (χ3v) is 6.77. The lowest BCUT2D eigenvalue weighted by atomic mass is 10.1. The third-order valence-electron chi connectivity index (χ3n) is 5.54. The van der Waals surface area contributed by atoms with Crippen LogP contribution in [0.2, 0.25) is 5.02 Å². The minimum Gasteiger partial charge on any atom is -0.493 e. The van der Waals surface area contributed by atoms with Crippen molar-refractivity contribution >= 4 is 28.8 Å². The van der Waals surface area contributed by atoms with Gasteiger partial charge >= 0.3 is 0 Å². The lowest BCUT2D eigenvalue weighted by Gasteiger charge is -2.34. The Balaban J connectivity index is 1.36. The SMILES string of the molecule is CCCOc1c(Cl)cc(C(=O)N2CCN(Cc3csc(-c4ccccc4)n3)CC2)cc1OC. The Hall–Kier alpha value is -2.61. The first-order chi connectivity index (χ1) is 16.1. The fraction of sp³-hybridized carbons (Fsp3) is 0.360. The molecule has 33 heavy (non-hydrogen) atoms. The summed E-state index contributed by atoms with van der Waals surface area (Å²) in [5.74, 6) is 0.924. The summed E-state index contributed by atoms with van der Waals surface area (Å²) in [6.45, 7) is 6.25. The van der Waals surface area contributed by atoms with Crippen molar-refractivity contribution in [3.8, 4) is 22.1 Å². The van der Waals surface area contributed by atoms with Gasteiger partial charge in [-0.05, 0) is 18.6 Å². The molecule has 1 aliphatic rings. The van der Waals surface area contributed by atoms with Crippen LogP contribution in [0, 0.1) is 0 Å². The predicted octanol–water partition coefficient (Wildman–Crippen LogP) is 5.22. The van der Waals surface area contributed by atoms with Gasteiger partial charge in [-0.3, -0.25) is 9.69 Å². The Kier molecular flexibility index (Phi) is 7.85.